The standard InChI is InChI=1S/C17H27.C15H25N2.C7H7.2ClH.Ru/c2*1-3-7-14(8-4-1)16-11-12-17(13-16)15-9-5-2-6-10-15;1-7-5-3-2-4-6-7;;;/h11-17H,1-10H2;11-15H,1-10H2;2-6H,1H2;2*1H;/q3*-1;;;+2/p-2. The van der Waals surface area contributed by atoms with Crippen molar-refractivity contribution >= 4 is 19.4 Å². The molecule has 0 radical (unpaired) electrons. The first-order valence-corrected chi connectivity index (χ1v) is 22.5. The number of hydrogen-bond acceptors (Lipinski definition) is 2. The van der Waals surface area contributed by atoms with Crippen LogP contribution in [0.15, 0.2) is 54.9 Å². The zero-order valence-electron chi connectivity index (χ0n) is 27.2. The Hall–Kier alpha value is -0.627. The molecule has 5 heteroatoms. The summed E-state index contributed by atoms with van der Waals surface area (Å²) < 4.78 is 0. The second-order valence-corrected chi connectivity index (χ2v) is 16.6. The average Bonchev–Trinajstić information content (AvgIpc) is 3.80. The van der Waals surface area contributed by atoms with E-state index in [-0.39, 0.29) is 15.1 Å². The second-order valence-electron chi connectivity index (χ2n) is 14.0. The van der Waals surface area contributed by atoms with Crippen molar-refractivity contribution in [2.75, 3.05) is 0 Å². The van der Waals surface area contributed by atoms with E-state index in [0.717, 1.165) is 41.3 Å². The summed E-state index contributed by atoms with van der Waals surface area (Å²) in [5.74, 6) is 3.66. The molecule has 2 unspecified atom stereocenters. The number of rotatable bonds is 4. The van der Waals surface area contributed by atoms with Gasteiger partial charge in [0.2, 0.25) is 0 Å². The van der Waals surface area contributed by atoms with Crippen LogP contribution in [0, 0.1) is 43.7 Å². The summed E-state index contributed by atoms with van der Waals surface area (Å²) in [5, 5.41) is 0. The van der Waals surface area contributed by atoms with Crippen molar-refractivity contribution in [3.8, 4) is 0 Å². The van der Waals surface area contributed by atoms with Crippen LogP contribution in [0.5, 0.6) is 0 Å². The third kappa shape index (κ3) is 12.5. The van der Waals surface area contributed by atoms with Gasteiger partial charge in [-0.15, -0.1) is 36.1 Å². The summed E-state index contributed by atoms with van der Waals surface area (Å²) in [4.78, 5) is 4.96. The Bertz CT molecular complexity index is 807. The Morgan fingerprint density at radius 3 is 1.27 bits per heavy atom. The van der Waals surface area contributed by atoms with Gasteiger partial charge in [-0.2, -0.15) is 31.3 Å². The Morgan fingerprint density at radius 1 is 0.568 bits per heavy atom. The molecule has 4 saturated carbocycles. The molecule has 1 heterocycles. The maximum absolute atomic E-state index is 4.85. The van der Waals surface area contributed by atoms with Crippen molar-refractivity contribution in [1.29, 1.82) is 0 Å². The van der Waals surface area contributed by atoms with Crippen molar-refractivity contribution in [2.45, 2.75) is 141 Å². The molecule has 0 N–H and O–H groups in total. The summed E-state index contributed by atoms with van der Waals surface area (Å²) >= 11 is -0.346. The predicted octanol–water partition coefficient (Wildman–Crippen LogP) is 12.3. The summed E-state index contributed by atoms with van der Waals surface area (Å²) in [7, 11) is 9.71. The minimum atomic E-state index is -0.346. The molecule has 7 rings (SSSR count). The fourth-order valence-corrected chi connectivity index (χ4v) is 8.36. The van der Waals surface area contributed by atoms with E-state index in [2.05, 4.69) is 54.4 Å². The fourth-order valence-electron chi connectivity index (χ4n) is 8.36. The Morgan fingerprint density at radius 2 is 0.932 bits per heavy atom. The zero-order valence-corrected chi connectivity index (χ0v) is 30.4. The van der Waals surface area contributed by atoms with E-state index in [1.54, 1.807) is 0 Å². The summed E-state index contributed by atoms with van der Waals surface area (Å²) in [6.07, 6.45) is 41.4. The van der Waals surface area contributed by atoms with Gasteiger partial charge in [0.1, 0.15) is 0 Å². The van der Waals surface area contributed by atoms with E-state index in [1.165, 1.54) is 128 Å². The molecule has 6 aliphatic rings. The van der Waals surface area contributed by atoms with Crippen LogP contribution in [0.1, 0.15) is 134 Å². The van der Waals surface area contributed by atoms with E-state index < -0.39 is 0 Å². The number of nitrogens with zero attached hydrogens (tertiary/aromatic N) is 2. The van der Waals surface area contributed by atoms with Gasteiger partial charge in [0.05, 0.1) is 0 Å². The molecule has 0 spiro atoms. The zero-order chi connectivity index (χ0) is 30.8. The van der Waals surface area contributed by atoms with Gasteiger partial charge in [-0.3, -0.25) is 0 Å². The van der Waals surface area contributed by atoms with Crippen LogP contribution in [0.4, 0.5) is 0 Å². The van der Waals surface area contributed by atoms with E-state index in [4.69, 9.17) is 19.4 Å². The van der Waals surface area contributed by atoms with Gasteiger partial charge in [0, 0.05) is 12.1 Å². The molecular weight excluding hydrogens is 668 g/mol. The molecule has 4 fully saturated rings. The van der Waals surface area contributed by atoms with Gasteiger partial charge in [0.25, 0.3) is 0 Å². The van der Waals surface area contributed by atoms with E-state index >= 15 is 0 Å². The van der Waals surface area contributed by atoms with Crippen LogP contribution >= 0.6 is 19.4 Å². The molecular formula is C39H59Cl2N2Ru-3. The third-order valence-corrected chi connectivity index (χ3v) is 10.9. The molecule has 1 aliphatic heterocycles. The Kier molecular flexibility index (Phi) is 17.5. The number of halogens is 2. The first kappa shape index (κ1) is 36.2. The first-order chi connectivity index (χ1) is 21.7. The Balaban J connectivity index is 0.000000155. The normalized spacial score (nSPS) is 26.8. The molecule has 0 saturated heterocycles. The first-order valence-electron chi connectivity index (χ1n) is 18.0. The van der Waals surface area contributed by atoms with Gasteiger partial charge in [-0.25, -0.2) is 0 Å². The molecule has 44 heavy (non-hydrogen) atoms. The van der Waals surface area contributed by atoms with Gasteiger partial charge in [-0.1, -0.05) is 121 Å². The van der Waals surface area contributed by atoms with Crippen LogP contribution in [0.3, 0.4) is 0 Å². The molecule has 1 aromatic rings. The third-order valence-electron chi connectivity index (χ3n) is 10.9. The molecule has 250 valence electrons. The van der Waals surface area contributed by atoms with E-state index in [9.17, 15) is 0 Å². The molecule has 0 amide bonds. The predicted molar refractivity (Wildman–Crippen MR) is 187 cm³/mol. The van der Waals surface area contributed by atoms with Crippen LogP contribution in [0.2, 0.25) is 0 Å². The molecule has 2 atom stereocenters. The summed E-state index contributed by atoms with van der Waals surface area (Å²) in [6, 6.07) is 11.4. The molecule has 2 nitrogen and oxygen atoms in total. The van der Waals surface area contributed by atoms with Gasteiger partial charge in [0.15, 0.2) is 0 Å². The molecule has 5 aliphatic carbocycles. The van der Waals surface area contributed by atoms with Crippen molar-refractivity contribution in [2.24, 2.45) is 23.7 Å². The van der Waals surface area contributed by atoms with Crippen molar-refractivity contribution < 1.29 is 15.1 Å². The van der Waals surface area contributed by atoms with Crippen LogP contribution in [0.25, 0.3) is 0 Å². The van der Waals surface area contributed by atoms with Crippen LogP contribution < -0.4 is 0 Å². The minimum absolute atomic E-state index is 0.346. The summed E-state index contributed by atoms with van der Waals surface area (Å²) in [5.41, 5.74) is 1.07. The number of benzene rings is 1. The van der Waals surface area contributed by atoms with Crippen molar-refractivity contribution in [1.82, 2.24) is 9.80 Å². The van der Waals surface area contributed by atoms with Gasteiger partial charge < -0.3 is 16.2 Å². The van der Waals surface area contributed by atoms with Gasteiger partial charge in [-0.05, 0) is 38.1 Å². The van der Waals surface area contributed by atoms with E-state index in [0.29, 0.717) is 0 Å². The van der Waals surface area contributed by atoms with Crippen molar-refractivity contribution in [3.05, 3.63) is 80.5 Å². The number of hydrogen-bond donors (Lipinski definition) is 0. The monoisotopic (exact) mass is 727 g/mol. The molecule has 0 aromatic heterocycles. The number of allylic oxidation sites excluding steroid dienone is 2. The van der Waals surface area contributed by atoms with E-state index in [1.807, 2.05) is 30.3 Å². The van der Waals surface area contributed by atoms with Crippen molar-refractivity contribution in [3.63, 3.8) is 0 Å². The Labute approximate surface area is 287 Å². The fraction of sp³-hybridized carbons (Fsp3) is 0.667. The quantitative estimate of drug-likeness (QED) is 0.173. The second kappa shape index (κ2) is 21.3. The van der Waals surface area contributed by atoms with Crippen LogP contribution in [-0.4, -0.2) is 21.9 Å². The topological polar surface area (TPSA) is 6.48 Å². The average molecular weight is 728 g/mol. The molecule has 0 bridgehead atoms. The van der Waals surface area contributed by atoms with Gasteiger partial charge >= 0.3 is 34.5 Å². The molecule has 1 aromatic carbocycles. The van der Waals surface area contributed by atoms with Crippen LogP contribution in [-0.2, 0) is 15.1 Å². The maximum atomic E-state index is 4.85. The SMILES string of the molecule is C1=CC(C2CCCCC2)[CH-]C1C1CCCCC1.C1=CN(C2CCCCC2)[CH-]N1C1CCCCC1.[CH2-]c1ccccc1.[Cl][Ru][Cl]. The summed E-state index contributed by atoms with van der Waals surface area (Å²) in [6.45, 7) is 6.10.